The van der Waals surface area contributed by atoms with Gasteiger partial charge in [-0.25, -0.2) is 4.79 Å². The second-order valence-corrected chi connectivity index (χ2v) is 6.80. The minimum atomic E-state index is -0.316. The Hall–Kier alpha value is -1.51. The van der Waals surface area contributed by atoms with Crippen molar-refractivity contribution in [3.63, 3.8) is 0 Å². The molecule has 2 heterocycles. The van der Waals surface area contributed by atoms with E-state index >= 15 is 0 Å². The van der Waals surface area contributed by atoms with Crippen molar-refractivity contribution in [2.45, 2.75) is 17.0 Å². The molecule has 0 N–H and O–H groups in total. The number of halogens is 1. The average molecular weight is 412 g/mol. The molecule has 0 atom stereocenters. The van der Waals surface area contributed by atoms with Gasteiger partial charge in [0, 0.05) is 18.7 Å². The predicted molar refractivity (Wildman–Crippen MR) is 85.1 cm³/mol. The Morgan fingerprint density at radius 3 is 2.70 bits per heavy atom. The molecule has 8 heteroatoms. The summed E-state index contributed by atoms with van der Waals surface area (Å²) in [6.45, 7) is 2.01. The maximum Gasteiger partial charge on any atom is 0.410 e. The molecule has 0 saturated heterocycles. The Morgan fingerprint density at radius 1 is 1.30 bits per heavy atom. The zero-order valence-electron chi connectivity index (χ0n) is 12.5. The number of nitrogens with zero attached hydrogens (tertiary/aromatic N) is 3. The van der Waals surface area contributed by atoms with Gasteiger partial charge in [-0.05, 0) is 34.0 Å². The SMILES string of the molecule is COC(=O)c1ccc(CSc2n[n+]3c(C)ccnc3s2)cc1.[Br-]. The molecule has 0 bridgehead atoms. The van der Waals surface area contributed by atoms with Crippen LogP contribution < -0.4 is 21.5 Å². The number of rotatable bonds is 4. The molecule has 0 spiro atoms. The molecule has 120 valence electrons. The molecule has 3 aromatic rings. The molecule has 3 rings (SSSR count). The highest BCUT2D eigenvalue weighted by Crippen LogP contribution is 2.25. The van der Waals surface area contributed by atoms with Crippen LogP contribution in [-0.2, 0) is 10.5 Å². The first-order valence-electron chi connectivity index (χ1n) is 6.62. The third-order valence-corrected chi connectivity index (χ3v) is 5.24. The third kappa shape index (κ3) is 4.07. The van der Waals surface area contributed by atoms with Gasteiger partial charge in [-0.3, -0.25) is 0 Å². The number of aromatic nitrogens is 3. The Bertz CT molecular complexity index is 821. The highest BCUT2D eigenvalue weighted by Gasteiger charge is 2.14. The van der Waals surface area contributed by atoms with Crippen molar-refractivity contribution in [3.05, 3.63) is 53.3 Å². The molecule has 2 aromatic heterocycles. The van der Waals surface area contributed by atoms with Crippen molar-refractivity contribution in [3.8, 4) is 0 Å². The minimum absolute atomic E-state index is 0. The lowest BCUT2D eigenvalue weighted by Crippen LogP contribution is -3.00. The Morgan fingerprint density at radius 2 is 2.04 bits per heavy atom. The highest BCUT2D eigenvalue weighted by atomic mass is 79.9. The summed E-state index contributed by atoms with van der Waals surface area (Å²) in [7, 11) is 1.38. The third-order valence-electron chi connectivity index (χ3n) is 3.11. The van der Waals surface area contributed by atoms with E-state index in [0.29, 0.717) is 5.56 Å². The summed E-state index contributed by atoms with van der Waals surface area (Å²) in [5.74, 6) is 0.476. The van der Waals surface area contributed by atoms with Gasteiger partial charge >= 0.3 is 10.9 Å². The summed E-state index contributed by atoms with van der Waals surface area (Å²) in [5, 5.41) is 4.55. The number of thioether (sulfide) groups is 1. The van der Waals surface area contributed by atoms with Crippen LogP contribution >= 0.6 is 23.1 Å². The van der Waals surface area contributed by atoms with Crippen LogP contribution in [0.1, 0.15) is 21.6 Å². The molecular weight excluding hydrogens is 398 g/mol. The first-order chi connectivity index (χ1) is 10.7. The zero-order chi connectivity index (χ0) is 15.5. The topological polar surface area (TPSA) is 56.2 Å². The molecule has 0 amide bonds. The van der Waals surface area contributed by atoms with Crippen LogP contribution in [0.3, 0.4) is 0 Å². The van der Waals surface area contributed by atoms with Crippen LogP contribution in [0.15, 0.2) is 40.9 Å². The Kier molecular flexibility index (Phi) is 6.09. The lowest BCUT2D eigenvalue weighted by atomic mass is 10.1. The molecule has 0 saturated carbocycles. The van der Waals surface area contributed by atoms with Crippen molar-refractivity contribution in [2.75, 3.05) is 7.11 Å². The number of hydrogen-bond acceptors (Lipinski definition) is 6. The number of carbonyl (C=O) groups is 1. The van der Waals surface area contributed by atoms with Crippen molar-refractivity contribution in [1.82, 2.24) is 10.1 Å². The lowest BCUT2D eigenvalue weighted by Gasteiger charge is -2.01. The number of methoxy groups -OCH3 is 1. The van der Waals surface area contributed by atoms with E-state index in [1.165, 1.54) is 7.11 Å². The van der Waals surface area contributed by atoms with Gasteiger partial charge in [0.25, 0.3) is 0 Å². The van der Waals surface area contributed by atoms with Gasteiger partial charge in [0.15, 0.2) is 0 Å². The normalized spacial score (nSPS) is 10.3. The van der Waals surface area contributed by atoms with E-state index in [0.717, 1.165) is 26.3 Å². The fourth-order valence-corrected chi connectivity index (χ4v) is 3.84. The molecule has 0 aliphatic heterocycles. The summed E-state index contributed by atoms with van der Waals surface area (Å²) in [6.07, 6.45) is 1.79. The quantitative estimate of drug-likeness (QED) is 0.334. The number of carbonyl (C=O) groups excluding carboxylic acids is 1. The molecular formula is C15H14BrN3O2S2. The summed E-state index contributed by atoms with van der Waals surface area (Å²) < 4.78 is 7.51. The smallest absolute Gasteiger partial charge is 0.410 e. The Labute approximate surface area is 152 Å². The average Bonchev–Trinajstić information content (AvgIpc) is 2.97. The molecule has 0 aliphatic carbocycles. The van der Waals surface area contributed by atoms with Gasteiger partial charge in [0.1, 0.15) is 11.9 Å². The van der Waals surface area contributed by atoms with Crippen LogP contribution in [0.4, 0.5) is 0 Å². The van der Waals surface area contributed by atoms with Crippen molar-refractivity contribution in [1.29, 1.82) is 0 Å². The van der Waals surface area contributed by atoms with Crippen LogP contribution in [0, 0.1) is 6.92 Å². The summed E-state index contributed by atoms with van der Waals surface area (Å²) in [6, 6.07) is 9.36. The molecule has 0 aliphatic rings. The largest absolute Gasteiger partial charge is 1.00 e. The molecule has 0 fully saturated rings. The van der Waals surface area contributed by atoms with Crippen LogP contribution in [0.2, 0.25) is 0 Å². The predicted octanol–water partition coefficient (Wildman–Crippen LogP) is -0.332. The molecule has 1 aromatic carbocycles. The van der Waals surface area contributed by atoms with Crippen LogP contribution in [0.25, 0.3) is 4.96 Å². The molecule has 0 unspecified atom stereocenters. The van der Waals surface area contributed by atoms with Crippen LogP contribution in [-0.4, -0.2) is 23.2 Å². The number of benzene rings is 1. The number of aryl methyl sites for hydroxylation is 1. The van der Waals surface area contributed by atoms with E-state index in [1.807, 2.05) is 29.6 Å². The minimum Gasteiger partial charge on any atom is -1.00 e. The van der Waals surface area contributed by atoms with E-state index in [9.17, 15) is 4.79 Å². The molecule has 0 radical (unpaired) electrons. The van der Waals surface area contributed by atoms with Gasteiger partial charge in [-0.2, -0.15) is 0 Å². The summed E-state index contributed by atoms with van der Waals surface area (Å²) in [4.78, 5) is 16.6. The second kappa shape index (κ2) is 7.85. The fraction of sp³-hybridized carbons (Fsp3) is 0.200. The van der Waals surface area contributed by atoms with Gasteiger partial charge in [-0.15, -0.1) is 0 Å². The maximum absolute atomic E-state index is 11.4. The summed E-state index contributed by atoms with van der Waals surface area (Å²) >= 11 is 3.23. The first kappa shape index (κ1) is 17.8. The number of fused-ring (bicyclic) bond motifs is 1. The van der Waals surface area contributed by atoms with E-state index < -0.39 is 0 Å². The highest BCUT2D eigenvalue weighted by molar-refractivity contribution is 8.00. The van der Waals surface area contributed by atoms with Crippen molar-refractivity contribution >= 4 is 34.0 Å². The zero-order valence-corrected chi connectivity index (χ0v) is 15.7. The number of ether oxygens (including phenoxy) is 1. The van der Waals surface area contributed by atoms with E-state index in [-0.39, 0.29) is 23.0 Å². The van der Waals surface area contributed by atoms with Crippen LogP contribution in [0.5, 0.6) is 0 Å². The van der Waals surface area contributed by atoms with Gasteiger partial charge in [0.05, 0.1) is 12.7 Å². The van der Waals surface area contributed by atoms with E-state index in [4.69, 9.17) is 0 Å². The lowest BCUT2D eigenvalue weighted by molar-refractivity contribution is -0.588. The Balaban J connectivity index is 0.00000192. The van der Waals surface area contributed by atoms with Gasteiger partial charge in [0.2, 0.25) is 4.34 Å². The fourth-order valence-electron chi connectivity index (χ4n) is 1.91. The number of esters is 1. The van der Waals surface area contributed by atoms with Crippen molar-refractivity contribution in [2.24, 2.45) is 0 Å². The summed E-state index contributed by atoms with van der Waals surface area (Å²) in [5.41, 5.74) is 2.76. The van der Waals surface area contributed by atoms with Crippen molar-refractivity contribution < 1.29 is 31.0 Å². The van der Waals surface area contributed by atoms with Gasteiger partial charge in [-0.1, -0.05) is 33.5 Å². The monoisotopic (exact) mass is 411 g/mol. The second-order valence-electron chi connectivity index (χ2n) is 4.63. The molecule has 23 heavy (non-hydrogen) atoms. The standard InChI is InChI=1S/C15H14N3O2S2.BrH/c1-10-7-8-16-14-18(10)17-15(22-14)21-9-11-3-5-12(6-4-11)13(19)20-2;/h3-8H,9H2,1-2H3;1H/q+1;/p-1. The number of hydrogen-bond donors (Lipinski definition) is 0. The first-order valence-corrected chi connectivity index (χ1v) is 8.42. The van der Waals surface area contributed by atoms with E-state index in [2.05, 4.69) is 14.8 Å². The van der Waals surface area contributed by atoms with E-state index in [1.54, 1.807) is 41.4 Å². The van der Waals surface area contributed by atoms with Gasteiger partial charge < -0.3 is 21.7 Å². The molecule has 5 nitrogen and oxygen atoms in total. The maximum atomic E-state index is 11.4.